The first-order valence-corrected chi connectivity index (χ1v) is 5.05. The Hall–Kier alpha value is -0.220. The van der Waals surface area contributed by atoms with Gasteiger partial charge in [-0.2, -0.15) is 0 Å². The minimum Gasteiger partial charge on any atom is -0.374 e. The van der Waals surface area contributed by atoms with Crippen LogP contribution in [0.15, 0.2) is 0 Å². The largest absolute Gasteiger partial charge is 0.374 e. The average molecular weight is 207 g/mol. The molecule has 0 aromatic rings. The van der Waals surface area contributed by atoms with Crippen LogP contribution in [0.5, 0.6) is 0 Å². The molecule has 14 heavy (non-hydrogen) atoms. The van der Waals surface area contributed by atoms with Gasteiger partial charge >= 0.3 is 0 Å². The summed E-state index contributed by atoms with van der Waals surface area (Å²) in [5, 5.41) is 0. The van der Waals surface area contributed by atoms with Crippen molar-refractivity contribution in [1.29, 1.82) is 0 Å². The second-order valence-electron chi connectivity index (χ2n) is 4.43. The summed E-state index contributed by atoms with van der Waals surface area (Å²) in [4.78, 5) is 1.69. The van der Waals surface area contributed by atoms with Gasteiger partial charge in [0.1, 0.15) is 0 Å². The van der Waals surface area contributed by atoms with Crippen LogP contribution in [-0.4, -0.2) is 42.7 Å². The van der Waals surface area contributed by atoms with Crippen molar-refractivity contribution in [3.8, 4) is 0 Å². The fraction of sp³-hybridized carbons (Fsp3) is 1.00. The van der Waals surface area contributed by atoms with Crippen LogP contribution in [0.4, 0.5) is 8.78 Å². The van der Waals surface area contributed by atoms with E-state index in [0.29, 0.717) is 0 Å². The first-order valence-electron chi connectivity index (χ1n) is 5.05. The van der Waals surface area contributed by atoms with E-state index in [1.165, 1.54) is 0 Å². The lowest BCUT2D eigenvalue weighted by Gasteiger charge is -2.26. The van der Waals surface area contributed by atoms with Crippen LogP contribution in [0.1, 0.15) is 27.2 Å². The lowest BCUT2D eigenvalue weighted by atomic mass is 10.1. The van der Waals surface area contributed by atoms with Gasteiger partial charge in [0.25, 0.3) is 5.92 Å². The van der Waals surface area contributed by atoms with Gasteiger partial charge in [0.05, 0.1) is 18.8 Å². The highest BCUT2D eigenvalue weighted by Crippen LogP contribution is 2.33. The Bertz CT molecular complexity index is 197. The maximum absolute atomic E-state index is 13.0. The van der Waals surface area contributed by atoms with Gasteiger partial charge < -0.3 is 4.74 Å². The fourth-order valence-corrected chi connectivity index (χ4v) is 2.05. The summed E-state index contributed by atoms with van der Waals surface area (Å²) in [5.74, 6) is -2.55. The summed E-state index contributed by atoms with van der Waals surface area (Å²) in [7, 11) is 1.73. The number of likely N-dealkylation sites (tertiary alicyclic amines) is 1. The van der Waals surface area contributed by atoms with E-state index in [4.69, 9.17) is 4.74 Å². The maximum Gasteiger partial charge on any atom is 0.262 e. The molecule has 1 fully saturated rings. The summed E-state index contributed by atoms with van der Waals surface area (Å²) in [5.41, 5.74) is 0. The molecule has 0 N–H and O–H groups in total. The van der Waals surface area contributed by atoms with E-state index in [-0.39, 0.29) is 31.2 Å². The highest BCUT2D eigenvalue weighted by atomic mass is 19.3. The number of rotatable bonds is 3. The Morgan fingerprint density at radius 3 is 2.29 bits per heavy atom. The van der Waals surface area contributed by atoms with Crippen LogP contribution in [0.2, 0.25) is 0 Å². The van der Waals surface area contributed by atoms with Gasteiger partial charge in [0.2, 0.25) is 0 Å². The molecule has 1 rings (SSSR count). The minimum absolute atomic E-state index is 0.0859. The van der Waals surface area contributed by atoms with Crippen molar-refractivity contribution >= 4 is 0 Å². The van der Waals surface area contributed by atoms with Crippen molar-refractivity contribution in [2.75, 3.05) is 13.6 Å². The SMILES string of the molecule is CC(C)OC(C)C1CC(F)(F)CN1C. The number of hydrogen-bond acceptors (Lipinski definition) is 2. The predicted molar refractivity (Wildman–Crippen MR) is 51.7 cm³/mol. The topological polar surface area (TPSA) is 12.5 Å². The molecule has 0 radical (unpaired) electrons. The molecular formula is C10H19F2NO. The Labute approximate surface area is 84.2 Å². The molecule has 1 aliphatic rings. The van der Waals surface area contributed by atoms with Crippen molar-refractivity contribution in [3.63, 3.8) is 0 Å². The molecule has 2 atom stereocenters. The van der Waals surface area contributed by atoms with Crippen molar-refractivity contribution in [2.24, 2.45) is 0 Å². The molecule has 4 heteroatoms. The second kappa shape index (κ2) is 4.11. The van der Waals surface area contributed by atoms with Crippen LogP contribution in [0.3, 0.4) is 0 Å². The molecule has 1 saturated heterocycles. The molecule has 1 heterocycles. The maximum atomic E-state index is 13.0. The highest BCUT2D eigenvalue weighted by molar-refractivity contribution is 4.91. The molecule has 0 saturated carbocycles. The molecule has 0 aliphatic carbocycles. The molecule has 2 nitrogen and oxygen atoms in total. The van der Waals surface area contributed by atoms with Crippen LogP contribution in [0.25, 0.3) is 0 Å². The number of ether oxygens (including phenoxy) is 1. The monoisotopic (exact) mass is 207 g/mol. The Morgan fingerprint density at radius 1 is 1.36 bits per heavy atom. The van der Waals surface area contributed by atoms with Crippen LogP contribution >= 0.6 is 0 Å². The van der Waals surface area contributed by atoms with E-state index < -0.39 is 5.92 Å². The smallest absolute Gasteiger partial charge is 0.262 e. The Morgan fingerprint density at radius 2 is 1.93 bits per heavy atom. The van der Waals surface area contributed by atoms with Gasteiger partial charge in [-0.1, -0.05) is 0 Å². The lowest BCUT2D eigenvalue weighted by molar-refractivity contribution is -0.0243. The lowest BCUT2D eigenvalue weighted by Crippen LogP contribution is -2.37. The first-order chi connectivity index (χ1) is 6.32. The number of halogens is 2. The van der Waals surface area contributed by atoms with E-state index in [2.05, 4.69) is 0 Å². The summed E-state index contributed by atoms with van der Waals surface area (Å²) in [6.45, 7) is 5.55. The number of hydrogen-bond donors (Lipinski definition) is 0. The zero-order valence-corrected chi connectivity index (χ0v) is 9.26. The molecule has 0 aromatic heterocycles. The standard InChI is InChI=1S/C10H19F2NO/c1-7(2)14-8(3)9-5-10(11,12)6-13(9)4/h7-9H,5-6H2,1-4H3. The summed E-state index contributed by atoms with van der Waals surface area (Å²) >= 11 is 0. The third-order valence-electron chi connectivity index (χ3n) is 2.58. The van der Waals surface area contributed by atoms with Crippen LogP contribution in [-0.2, 0) is 4.74 Å². The van der Waals surface area contributed by atoms with E-state index in [0.717, 1.165) is 0 Å². The van der Waals surface area contributed by atoms with Gasteiger partial charge in [-0.3, -0.25) is 4.90 Å². The summed E-state index contributed by atoms with van der Waals surface area (Å²) in [6.07, 6.45) is -0.127. The van der Waals surface area contributed by atoms with Gasteiger partial charge in [0, 0.05) is 12.5 Å². The molecule has 2 unspecified atom stereocenters. The predicted octanol–water partition coefficient (Wildman–Crippen LogP) is 2.14. The number of likely N-dealkylation sites (N-methyl/N-ethyl adjacent to an activating group) is 1. The first kappa shape index (κ1) is 11.9. The van der Waals surface area contributed by atoms with Gasteiger partial charge in [-0.25, -0.2) is 8.78 Å². The molecule has 0 amide bonds. The zero-order chi connectivity index (χ0) is 10.9. The molecule has 0 spiro atoms. The molecule has 1 aliphatic heterocycles. The van der Waals surface area contributed by atoms with Gasteiger partial charge in [-0.05, 0) is 27.8 Å². The summed E-state index contributed by atoms with van der Waals surface area (Å²) < 4.78 is 31.6. The number of nitrogens with zero attached hydrogens (tertiary/aromatic N) is 1. The van der Waals surface area contributed by atoms with Crippen LogP contribution < -0.4 is 0 Å². The minimum atomic E-state index is -2.55. The normalized spacial score (nSPS) is 29.8. The third-order valence-corrected chi connectivity index (χ3v) is 2.58. The molecule has 0 bridgehead atoms. The zero-order valence-electron chi connectivity index (χ0n) is 9.26. The van der Waals surface area contributed by atoms with Gasteiger partial charge in [-0.15, -0.1) is 0 Å². The Kier molecular flexibility index (Phi) is 3.48. The highest BCUT2D eigenvalue weighted by Gasteiger charge is 2.45. The van der Waals surface area contributed by atoms with Crippen molar-refractivity contribution in [1.82, 2.24) is 4.90 Å². The quantitative estimate of drug-likeness (QED) is 0.703. The van der Waals surface area contributed by atoms with Crippen molar-refractivity contribution < 1.29 is 13.5 Å². The molecule has 0 aromatic carbocycles. The van der Waals surface area contributed by atoms with E-state index in [1.54, 1.807) is 11.9 Å². The van der Waals surface area contributed by atoms with Crippen molar-refractivity contribution in [2.45, 2.75) is 51.4 Å². The molecular weight excluding hydrogens is 188 g/mol. The Balaban J connectivity index is 2.52. The van der Waals surface area contributed by atoms with E-state index in [1.807, 2.05) is 20.8 Å². The van der Waals surface area contributed by atoms with E-state index in [9.17, 15) is 8.78 Å². The van der Waals surface area contributed by atoms with Gasteiger partial charge in [0.15, 0.2) is 0 Å². The second-order valence-corrected chi connectivity index (χ2v) is 4.43. The average Bonchev–Trinajstić information content (AvgIpc) is 2.23. The number of alkyl halides is 2. The van der Waals surface area contributed by atoms with Crippen molar-refractivity contribution in [3.05, 3.63) is 0 Å². The third kappa shape index (κ3) is 2.89. The van der Waals surface area contributed by atoms with Crippen LogP contribution in [0, 0.1) is 0 Å². The molecule has 84 valence electrons. The summed E-state index contributed by atoms with van der Waals surface area (Å²) in [6, 6.07) is -0.160. The fourth-order valence-electron chi connectivity index (χ4n) is 2.05. The van der Waals surface area contributed by atoms with E-state index >= 15 is 0 Å².